The molecule has 2 N–H and O–H groups in total. The molecule has 3 heterocycles. The summed E-state index contributed by atoms with van der Waals surface area (Å²) in [6.45, 7) is 2.96. The van der Waals surface area contributed by atoms with E-state index in [0.717, 1.165) is 49.4 Å². The lowest BCUT2D eigenvalue weighted by Gasteiger charge is -2.13. The van der Waals surface area contributed by atoms with Crippen molar-refractivity contribution >= 4 is 17.1 Å². The van der Waals surface area contributed by atoms with Gasteiger partial charge in [0.1, 0.15) is 11.3 Å². The second-order valence-electron chi connectivity index (χ2n) is 7.12. The first kappa shape index (κ1) is 16.3. The van der Waals surface area contributed by atoms with Crippen molar-refractivity contribution in [1.29, 1.82) is 0 Å². The minimum atomic E-state index is -0.114. The zero-order valence-electron chi connectivity index (χ0n) is 14.5. The summed E-state index contributed by atoms with van der Waals surface area (Å²) in [6.07, 6.45) is 9.10. The molecular weight excluding hydrogens is 316 g/mol. The number of carbonyl (C=O) groups is 1. The lowest BCUT2D eigenvalue weighted by molar-refractivity contribution is 0.0942. The van der Waals surface area contributed by atoms with E-state index in [0.29, 0.717) is 11.1 Å². The highest BCUT2D eigenvalue weighted by Crippen LogP contribution is 2.24. The maximum Gasteiger partial charge on any atom is 0.254 e. The molecule has 2 atom stereocenters. The fourth-order valence-corrected chi connectivity index (χ4v) is 3.85. The van der Waals surface area contributed by atoms with Gasteiger partial charge in [-0.05, 0) is 32.3 Å². The number of hydrogen-bond acceptors (Lipinski definition) is 4. The van der Waals surface area contributed by atoms with Crippen molar-refractivity contribution in [2.75, 3.05) is 6.61 Å². The van der Waals surface area contributed by atoms with Crippen LogP contribution >= 0.6 is 0 Å². The molecule has 2 aromatic heterocycles. The molecule has 0 saturated heterocycles. The molecule has 2 aromatic rings. The number of rotatable bonds is 3. The Balaban J connectivity index is 1.67. The molecule has 2 aliphatic rings. The van der Waals surface area contributed by atoms with Crippen LogP contribution in [0.25, 0.3) is 11.2 Å². The second kappa shape index (κ2) is 6.59. The van der Waals surface area contributed by atoms with Crippen molar-refractivity contribution in [3.05, 3.63) is 35.3 Å². The van der Waals surface area contributed by atoms with Gasteiger partial charge in [-0.25, -0.2) is 9.97 Å². The molecule has 4 rings (SSSR count). The summed E-state index contributed by atoms with van der Waals surface area (Å²) in [5, 5.41) is 12.3. The Kier molecular flexibility index (Phi) is 4.29. The molecule has 1 aliphatic heterocycles. The molecule has 0 spiro atoms. The topological polar surface area (TPSA) is 80.0 Å². The Morgan fingerprint density at radius 1 is 1.32 bits per heavy atom. The van der Waals surface area contributed by atoms with Gasteiger partial charge < -0.3 is 15.0 Å². The third-order valence-electron chi connectivity index (χ3n) is 5.16. The molecule has 0 radical (unpaired) electrons. The lowest BCUT2D eigenvalue weighted by Crippen LogP contribution is -2.33. The smallest absolute Gasteiger partial charge is 0.254 e. The average Bonchev–Trinajstić information content (AvgIpc) is 3.11. The number of aromatic nitrogens is 3. The van der Waals surface area contributed by atoms with Crippen LogP contribution in [0.5, 0.6) is 0 Å². The van der Waals surface area contributed by atoms with Gasteiger partial charge in [0.2, 0.25) is 0 Å². The summed E-state index contributed by atoms with van der Waals surface area (Å²) in [5.74, 6) is 1.06. The number of carbonyl (C=O) groups excluding carboxylic acids is 1. The van der Waals surface area contributed by atoms with Gasteiger partial charge in [0, 0.05) is 37.2 Å². The van der Waals surface area contributed by atoms with Crippen LogP contribution < -0.4 is 5.32 Å². The Bertz CT molecular complexity index is 840. The molecule has 25 heavy (non-hydrogen) atoms. The zero-order chi connectivity index (χ0) is 17.4. The molecule has 1 amide bonds. The standard InChI is InChI=1S/C19H24N4O2/c1-12-9-15(19(25)21-14-7-6-13(10-14)11-24)17-18(20-12)23-8-4-2-3-5-16(23)22-17/h6-7,9,13-14,24H,2-5,8,10-11H2,1H3,(H,21,25)/t13-,14+/m0/s1. The van der Waals surface area contributed by atoms with Crippen LogP contribution in [-0.4, -0.2) is 38.2 Å². The Morgan fingerprint density at radius 3 is 3.00 bits per heavy atom. The van der Waals surface area contributed by atoms with Gasteiger partial charge in [0.15, 0.2) is 5.65 Å². The summed E-state index contributed by atoms with van der Waals surface area (Å²) >= 11 is 0. The molecule has 0 fully saturated rings. The summed E-state index contributed by atoms with van der Waals surface area (Å²) in [4.78, 5) is 22.3. The molecule has 0 bridgehead atoms. The summed E-state index contributed by atoms with van der Waals surface area (Å²) in [5.41, 5.74) is 2.97. The van der Waals surface area contributed by atoms with Crippen LogP contribution in [0.4, 0.5) is 0 Å². The molecule has 6 heteroatoms. The molecule has 0 unspecified atom stereocenters. The summed E-state index contributed by atoms with van der Waals surface area (Å²) in [7, 11) is 0. The van der Waals surface area contributed by atoms with Crippen LogP contribution in [0.2, 0.25) is 0 Å². The minimum absolute atomic E-state index is 0.0337. The largest absolute Gasteiger partial charge is 0.396 e. The van der Waals surface area contributed by atoms with Gasteiger partial charge in [0.05, 0.1) is 5.56 Å². The average molecular weight is 340 g/mol. The van der Waals surface area contributed by atoms with Crippen molar-refractivity contribution in [2.24, 2.45) is 5.92 Å². The van der Waals surface area contributed by atoms with Crippen LogP contribution in [0.3, 0.4) is 0 Å². The second-order valence-corrected chi connectivity index (χ2v) is 7.12. The van der Waals surface area contributed by atoms with E-state index in [1.807, 2.05) is 25.1 Å². The van der Waals surface area contributed by atoms with Crippen molar-refractivity contribution in [2.45, 2.75) is 51.6 Å². The first-order chi connectivity index (χ1) is 12.2. The molecule has 6 nitrogen and oxygen atoms in total. The van der Waals surface area contributed by atoms with E-state index in [2.05, 4.69) is 14.9 Å². The highest BCUT2D eigenvalue weighted by Gasteiger charge is 2.24. The summed E-state index contributed by atoms with van der Waals surface area (Å²) in [6, 6.07) is 1.79. The number of aryl methyl sites for hydroxylation is 3. The Hall–Kier alpha value is -2.21. The van der Waals surface area contributed by atoms with Gasteiger partial charge in [-0.1, -0.05) is 18.6 Å². The third kappa shape index (κ3) is 3.06. The first-order valence-corrected chi connectivity index (χ1v) is 9.12. The first-order valence-electron chi connectivity index (χ1n) is 9.12. The number of aliphatic hydroxyl groups is 1. The highest BCUT2D eigenvalue weighted by molar-refractivity contribution is 6.04. The highest BCUT2D eigenvalue weighted by atomic mass is 16.3. The number of nitrogens with zero attached hydrogens (tertiary/aromatic N) is 3. The van der Waals surface area contributed by atoms with Crippen LogP contribution in [0.15, 0.2) is 18.2 Å². The van der Waals surface area contributed by atoms with Crippen molar-refractivity contribution in [1.82, 2.24) is 19.9 Å². The lowest BCUT2D eigenvalue weighted by atomic mass is 10.1. The predicted octanol–water partition coefficient (Wildman–Crippen LogP) is 2.13. The van der Waals surface area contributed by atoms with Crippen molar-refractivity contribution < 1.29 is 9.90 Å². The van der Waals surface area contributed by atoms with Crippen LogP contribution in [0.1, 0.15) is 47.6 Å². The zero-order valence-corrected chi connectivity index (χ0v) is 14.5. The number of pyridine rings is 1. The van der Waals surface area contributed by atoms with Crippen LogP contribution in [0, 0.1) is 12.8 Å². The number of aliphatic hydroxyl groups excluding tert-OH is 1. The van der Waals surface area contributed by atoms with Gasteiger partial charge in [-0.15, -0.1) is 0 Å². The Morgan fingerprint density at radius 2 is 2.20 bits per heavy atom. The van der Waals surface area contributed by atoms with Crippen molar-refractivity contribution in [3.63, 3.8) is 0 Å². The van der Waals surface area contributed by atoms with E-state index in [9.17, 15) is 9.90 Å². The van der Waals surface area contributed by atoms with Gasteiger partial charge in [-0.3, -0.25) is 4.79 Å². The molecule has 0 aromatic carbocycles. The molecule has 132 valence electrons. The maximum absolute atomic E-state index is 12.9. The molecule has 1 aliphatic carbocycles. The predicted molar refractivity (Wildman–Crippen MR) is 95.4 cm³/mol. The van der Waals surface area contributed by atoms with E-state index >= 15 is 0 Å². The quantitative estimate of drug-likeness (QED) is 0.839. The van der Waals surface area contributed by atoms with Gasteiger partial charge in [-0.2, -0.15) is 0 Å². The number of imidazole rings is 1. The number of hydrogen-bond donors (Lipinski definition) is 2. The number of nitrogens with one attached hydrogen (secondary N) is 1. The monoisotopic (exact) mass is 340 g/mol. The Labute approximate surface area is 147 Å². The van der Waals surface area contributed by atoms with E-state index < -0.39 is 0 Å². The van der Waals surface area contributed by atoms with E-state index in [1.54, 1.807) is 0 Å². The molecular formula is C19H24N4O2. The van der Waals surface area contributed by atoms with E-state index in [-0.39, 0.29) is 24.5 Å². The number of amides is 1. The molecule has 0 saturated carbocycles. The fraction of sp³-hybridized carbons (Fsp3) is 0.526. The van der Waals surface area contributed by atoms with Gasteiger partial charge >= 0.3 is 0 Å². The SMILES string of the molecule is Cc1cc(C(=O)N[C@@H]2C=C[C@H](CO)C2)c2nc3n(c2n1)CCCCC3. The normalized spacial score (nSPS) is 22.8. The van der Waals surface area contributed by atoms with E-state index in [1.165, 1.54) is 6.42 Å². The van der Waals surface area contributed by atoms with Crippen molar-refractivity contribution in [3.8, 4) is 0 Å². The van der Waals surface area contributed by atoms with Gasteiger partial charge in [0.25, 0.3) is 5.91 Å². The van der Waals surface area contributed by atoms with E-state index in [4.69, 9.17) is 4.98 Å². The fourth-order valence-electron chi connectivity index (χ4n) is 3.85. The number of fused-ring (bicyclic) bond motifs is 3. The van der Waals surface area contributed by atoms with Crippen LogP contribution in [-0.2, 0) is 13.0 Å². The maximum atomic E-state index is 12.9. The summed E-state index contributed by atoms with van der Waals surface area (Å²) < 4.78 is 2.18. The minimum Gasteiger partial charge on any atom is -0.396 e. The third-order valence-corrected chi connectivity index (χ3v) is 5.16.